The van der Waals surface area contributed by atoms with Crippen molar-refractivity contribution in [3.63, 3.8) is 0 Å². The van der Waals surface area contributed by atoms with Crippen LogP contribution in [0.15, 0.2) is 12.1 Å². The van der Waals surface area contributed by atoms with Gasteiger partial charge < -0.3 is 10.1 Å². The van der Waals surface area contributed by atoms with Crippen LogP contribution in [-0.4, -0.2) is 19.7 Å². The lowest BCUT2D eigenvalue weighted by atomic mass is 9.99. The highest BCUT2D eigenvalue weighted by molar-refractivity contribution is 6.30. The molecule has 17 heavy (non-hydrogen) atoms. The number of benzene rings is 1. The normalized spacial score (nSPS) is 15.5. The van der Waals surface area contributed by atoms with E-state index in [1.165, 1.54) is 24.0 Å². The third-order valence-electron chi connectivity index (χ3n) is 3.34. The minimum atomic E-state index is 0.506. The van der Waals surface area contributed by atoms with Crippen molar-refractivity contribution in [1.82, 2.24) is 5.32 Å². The molecule has 1 N–H and O–H groups in total. The van der Waals surface area contributed by atoms with Crippen molar-refractivity contribution in [1.29, 1.82) is 0 Å². The maximum Gasteiger partial charge on any atom is 0.125 e. The first-order valence-corrected chi connectivity index (χ1v) is 6.73. The van der Waals surface area contributed by atoms with Gasteiger partial charge in [0.1, 0.15) is 5.75 Å². The van der Waals surface area contributed by atoms with Crippen LogP contribution in [0.3, 0.4) is 0 Å². The Morgan fingerprint density at radius 3 is 3.00 bits per heavy atom. The predicted molar refractivity (Wildman–Crippen MR) is 72.1 cm³/mol. The number of rotatable bonds is 5. The molecule has 1 aromatic rings. The molecular formula is C14H20ClNO. The molecule has 0 saturated heterocycles. The topological polar surface area (TPSA) is 21.3 Å². The first kappa shape index (κ1) is 12.7. The number of halogens is 1. The SMILES string of the molecule is CCCC(Cc1cc(Cl)cc2c1OCC2)NC. The standard InChI is InChI=1S/C14H20ClNO/c1-3-4-13(16-2)9-11-8-12(15)7-10-5-6-17-14(10)11/h7-8,13,16H,3-6,9H2,1-2H3. The number of likely N-dealkylation sites (N-methyl/N-ethyl adjacent to an activating group) is 1. The van der Waals surface area contributed by atoms with Gasteiger partial charge in [-0.05, 0) is 43.1 Å². The van der Waals surface area contributed by atoms with Crippen molar-refractivity contribution in [3.05, 3.63) is 28.3 Å². The zero-order valence-corrected chi connectivity index (χ0v) is 11.3. The molecule has 1 heterocycles. The molecule has 1 aromatic carbocycles. The fourth-order valence-electron chi connectivity index (χ4n) is 2.46. The van der Waals surface area contributed by atoms with E-state index < -0.39 is 0 Å². The number of hydrogen-bond acceptors (Lipinski definition) is 2. The average molecular weight is 254 g/mol. The van der Waals surface area contributed by atoms with Gasteiger partial charge in [-0.2, -0.15) is 0 Å². The fourth-order valence-corrected chi connectivity index (χ4v) is 2.72. The third-order valence-corrected chi connectivity index (χ3v) is 3.56. The lowest BCUT2D eigenvalue weighted by Crippen LogP contribution is -2.27. The summed E-state index contributed by atoms with van der Waals surface area (Å²) in [6.07, 6.45) is 4.35. The molecule has 2 rings (SSSR count). The predicted octanol–water partition coefficient (Wildman–Crippen LogP) is 3.21. The number of fused-ring (bicyclic) bond motifs is 1. The van der Waals surface area contributed by atoms with Gasteiger partial charge in [0.2, 0.25) is 0 Å². The monoisotopic (exact) mass is 253 g/mol. The third kappa shape index (κ3) is 2.93. The first-order chi connectivity index (χ1) is 8.24. The molecule has 0 aliphatic carbocycles. The molecule has 0 bridgehead atoms. The molecule has 2 nitrogen and oxygen atoms in total. The second-order valence-electron chi connectivity index (χ2n) is 4.63. The zero-order chi connectivity index (χ0) is 12.3. The summed E-state index contributed by atoms with van der Waals surface area (Å²) >= 11 is 6.16. The van der Waals surface area contributed by atoms with Crippen LogP contribution in [0.4, 0.5) is 0 Å². The van der Waals surface area contributed by atoms with Crippen LogP contribution in [0.5, 0.6) is 5.75 Å². The quantitative estimate of drug-likeness (QED) is 0.870. The van der Waals surface area contributed by atoms with Crippen LogP contribution in [0.2, 0.25) is 5.02 Å². The van der Waals surface area contributed by atoms with Crippen molar-refractivity contribution < 1.29 is 4.74 Å². The summed E-state index contributed by atoms with van der Waals surface area (Å²) in [5.74, 6) is 1.07. The van der Waals surface area contributed by atoms with Crippen molar-refractivity contribution in [2.45, 2.75) is 38.6 Å². The van der Waals surface area contributed by atoms with E-state index in [4.69, 9.17) is 16.3 Å². The Balaban J connectivity index is 2.20. The lowest BCUT2D eigenvalue weighted by Gasteiger charge is -2.17. The van der Waals surface area contributed by atoms with Gasteiger partial charge in [0.15, 0.2) is 0 Å². The van der Waals surface area contributed by atoms with Crippen molar-refractivity contribution in [2.24, 2.45) is 0 Å². The van der Waals surface area contributed by atoms with Crippen LogP contribution in [-0.2, 0) is 12.8 Å². The maximum absolute atomic E-state index is 6.16. The molecule has 0 fully saturated rings. The highest BCUT2D eigenvalue weighted by atomic mass is 35.5. The van der Waals surface area contributed by atoms with Crippen molar-refractivity contribution >= 4 is 11.6 Å². The second kappa shape index (κ2) is 5.74. The average Bonchev–Trinajstić information content (AvgIpc) is 2.76. The Morgan fingerprint density at radius 2 is 2.29 bits per heavy atom. The Bertz CT molecular complexity index is 392. The van der Waals surface area contributed by atoms with E-state index >= 15 is 0 Å². The minimum Gasteiger partial charge on any atom is -0.493 e. The van der Waals surface area contributed by atoms with Gasteiger partial charge in [0.25, 0.3) is 0 Å². The van der Waals surface area contributed by atoms with Gasteiger partial charge in [0, 0.05) is 17.5 Å². The van der Waals surface area contributed by atoms with Crippen LogP contribution in [0.1, 0.15) is 30.9 Å². The van der Waals surface area contributed by atoms with Crippen LogP contribution in [0.25, 0.3) is 0 Å². The van der Waals surface area contributed by atoms with Crippen LogP contribution >= 0.6 is 11.6 Å². The van der Waals surface area contributed by atoms with E-state index in [0.29, 0.717) is 6.04 Å². The fraction of sp³-hybridized carbons (Fsp3) is 0.571. The zero-order valence-electron chi connectivity index (χ0n) is 10.6. The van der Waals surface area contributed by atoms with E-state index in [9.17, 15) is 0 Å². The molecule has 0 amide bonds. The van der Waals surface area contributed by atoms with Gasteiger partial charge >= 0.3 is 0 Å². The number of ether oxygens (including phenoxy) is 1. The molecule has 0 saturated carbocycles. The van der Waals surface area contributed by atoms with Crippen molar-refractivity contribution in [2.75, 3.05) is 13.7 Å². The van der Waals surface area contributed by atoms with Gasteiger partial charge in [-0.1, -0.05) is 24.9 Å². The van der Waals surface area contributed by atoms with Gasteiger partial charge in [-0.3, -0.25) is 0 Å². The summed E-state index contributed by atoms with van der Waals surface area (Å²) in [5, 5.41) is 4.19. The Kier molecular flexibility index (Phi) is 4.30. The molecule has 0 spiro atoms. The molecule has 1 aliphatic rings. The Labute approximate surface area is 108 Å². The molecule has 94 valence electrons. The van der Waals surface area contributed by atoms with E-state index in [1.54, 1.807) is 0 Å². The summed E-state index contributed by atoms with van der Waals surface area (Å²) in [5.41, 5.74) is 2.51. The largest absolute Gasteiger partial charge is 0.493 e. The molecule has 0 aromatic heterocycles. The Hall–Kier alpha value is -0.730. The number of hydrogen-bond donors (Lipinski definition) is 1. The molecule has 0 radical (unpaired) electrons. The van der Waals surface area contributed by atoms with Crippen LogP contribution < -0.4 is 10.1 Å². The highest BCUT2D eigenvalue weighted by Crippen LogP contribution is 2.33. The molecule has 1 atom stereocenters. The second-order valence-corrected chi connectivity index (χ2v) is 5.07. The van der Waals surface area contributed by atoms with Crippen molar-refractivity contribution in [3.8, 4) is 5.75 Å². The molecular weight excluding hydrogens is 234 g/mol. The van der Waals surface area contributed by atoms with Gasteiger partial charge in [-0.25, -0.2) is 0 Å². The minimum absolute atomic E-state index is 0.506. The van der Waals surface area contributed by atoms with E-state index in [2.05, 4.69) is 12.2 Å². The van der Waals surface area contributed by atoms with E-state index in [0.717, 1.165) is 30.2 Å². The Morgan fingerprint density at radius 1 is 1.47 bits per heavy atom. The smallest absolute Gasteiger partial charge is 0.125 e. The summed E-state index contributed by atoms with van der Waals surface area (Å²) in [4.78, 5) is 0. The summed E-state index contributed by atoms with van der Waals surface area (Å²) in [7, 11) is 2.02. The van der Waals surface area contributed by atoms with Crippen LogP contribution in [0, 0.1) is 0 Å². The molecule has 1 unspecified atom stereocenters. The van der Waals surface area contributed by atoms with Gasteiger partial charge in [-0.15, -0.1) is 0 Å². The first-order valence-electron chi connectivity index (χ1n) is 6.36. The molecule has 1 aliphatic heterocycles. The van der Waals surface area contributed by atoms with E-state index in [1.807, 2.05) is 19.2 Å². The summed E-state index contributed by atoms with van der Waals surface area (Å²) in [6.45, 7) is 3.00. The molecule has 3 heteroatoms. The van der Waals surface area contributed by atoms with E-state index in [-0.39, 0.29) is 0 Å². The highest BCUT2D eigenvalue weighted by Gasteiger charge is 2.19. The maximum atomic E-state index is 6.16. The lowest BCUT2D eigenvalue weighted by molar-refractivity contribution is 0.351. The van der Waals surface area contributed by atoms with Gasteiger partial charge in [0.05, 0.1) is 6.61 Å². The summed E-state index contributed by atoms with van der Waals surface area (Å²) in [6, 6.07) is 4.58. The summed E-state index contributed by atoms with van der Waals surface area (Å²) < 4.78 is 5.72. The number of nitrogens with one attached hydrogen (secondary N) is 1.